The zero-order valence-corrected chi connectivity index (χ0v) is 13.9. The SMILES string of the molecule is CC(C)(C)c1ccc(C(=O)Cc2c(Cl)cccc2Cl)cc1. The molecule has 2 aromatic carbocycles. The molecule has 0 spiro atoms. The van der Waals surface area contributed by atoms with Gasteiger partial charge in [-0.1, -0.05) is 74.3 Å². The van der Waals surface area contributed by atoms with Crippen LogP contribution in [0.4, 0.5) is 0 Å². The summed E-state index contributed by atoms with van der Waals surface area (Å²) in [4.78, 5) is 12.4. The Morgan fingerprint density at radius 2 is 1.48 bits per heavy atom. The van der Waals surface area contributed by atoms with E-state index in [1.807, 2.05) is 24.3 Å². The lowest BCUT2D eigenvalue weighted by molar-refractivity contribution is 0.0993. The maximum absolute atomic E-state index is 12.4. The van der Waals surface area contributed by atoms with Crippen molar-refractivity contribution in [1.29, 1.82) is 0 Å². The third-order valence-corrected chi connectivity index (χ3v) is 4.18. The van der Waals surface area contributed by atoms with Crippen molar-refractivity contribution in [2.24, 2.45) is 0 Å². The Balaban J connectivity index is 2.21. The van der Waals surface area contributed by atoms with Crippen LogP contribution in [0.3, 0.4) is 0 Å². The Labute approximate surface area is 135 Å². The lowest BCUT2D eigenvalue weighted by Crippen LogP contribution is -2.11. The van der Waals surface area contributed by atoms with Crippen LogP contribution in [0.15, 0.2) is 42.5 Å². The molecule has 0 saturated heterocycles. The number of ketones is 1. The second-order valence-corrected chi connectivity index (χ2v) is 6.94. The molecule has 21 heavy (non-hydrogen) atoms. The Hall–Kier alpha value is -1.31. The highest BCUT2D eigenvalue weighted by Gasteiger charge is 2.16. The molecule has 0 aliphatic heterocycles. The first kappa shape index (κ1) is 16.1. The van der Waals surface area contributed by atoms with Gasteiger partial charge in [0.1, 0.15) is 0 Å². The van der Waals surface area contributed by atoms with E-state index < -0.39 is 0 Å². The predicted molar refractivity (Wildman–Crippen MR) is 89.6 cm³/mol. The van der Waals surface area contributed by atoms with E-state index in [2.05, 4.69) is 20.8 Å². The molecule has 3 heteroatoms. The van der Waals surface area contributed by atoms with Crippen molar-refractivity contribution >= 4 is 29.0 Å². The number of hydrogen-bond acceptors (Lipinski definition) is 1. The summed E-state index contributed by atoms with van der Waals surface area (Å²) >= 11 is 12.2. The van der Waals surface area contributed by atoms with Crippen molar-refractivity contribution in [2.75, 3.05) is 0 Å². The number of Topliss-reactive ketones (excluding diaryl/α,β-unsaturated/α-hetero) is 1. The molecule has 0 aliphatic rings. The van der Waals surface area contributed by atoms with Gasteiger partial charge in [0.2, 0.25) is 0 Å². The van der Waals surface area contributed by atoms with E-state index in [1.165, 1.54) is 5.56 Å². The van der Waals surface area contributed by atoms with Crippen LogP contribution < -0.4 is 0 Å². The maximum Gasteiger partial charge on any atom is 0.167 e. The molecule has 0 amide bonds. The summed E-state index contributed by atoms with van der Waals surface area (Å²) in [6.45, 7) is 6.44. The molecule has 110 valence electrons. The van der Waals surface area contributed by atoms with Crippen LogP contribution >= 0.6 is 23.2 Å². The summed E-state index contributed by atoms with van der Waals surface area (Å²) in [6.07, 6.45) is 0.216. The fourth-order valence-corrected chi connectivity index (χ4v) is 2.65. The third kappa shape index (κ3) is 3.87. The molecule has 0 aliphatic carbocycles. The first-order valence-corrected chi connectivity index (χ1v) is 7.61. The Kier molecular flexibility index (Phi) is 4.75. The maximum atomic E-state index is 12.4. The Bertz CT molecular complexity index is 632. The summed E-state index contributed by atoms with van der Waals surface area (Å²) in [5, 5.41) is 1.06. The zero-order valence-electron chi connectivity index (χ0n) is 12.4. The highest BCUT2D eigenvalue weighted by atomic mass is 35.5. The van der Waals surface area contributed by atoms with Crippen LogP contribution in [0, 0.1) is 0 Å². The molecule has 0 heterocycles. The minimum absolute atomic E-state index is 0.0189. The molecule has 0 atom stereocenters. The summed E-state index contributed by atoms with van der Waals surface area (Å²) in [7, 11) is 0. The van der Waals surface area contributed by atoms with Gasteiger partial charge in [-0.15, -0.1) is 0 Å². The minimum atomic E-state index is 0.0189. The first-order chi connectivity index (χ1) is 9.79. The summed E-state index contributed by atoms with van der Waals surface area (Å²) in [5.41, 5.74) is 2.65. The van der Waals surface area contributed by atoms with E-state index >= 15 is 0 Å². The number of carbonyl (C=O) groups is 1. The van der Waals surface area contributed by atoms with Gasteiger partial charge in [-0.2, -0.15) is 0 Å². The molecule has 1 nitrogen and oxygen atoms in total. The molecule has 0 unspecified atom stereocenters. The molecule has 0 fully saturated rings. The topological polar surface area (TPSA) is 17.1 Å². The van der Waals surface area contributed by atoms with Crippen molar-refractivity contribution in [3.8, 4) is 0 Å². The fraction of sp³-hybridized carbons (Fsp3) is 0.278. The van der Waals surface area contributed by atoms with E-state index in [9.17, 15) is 4.79 Å². The Morgan fingerprint density at radius 3 is 1.95 bits per heavy atom. The van der Waals surface area contributed by atoms with Crippen molar-refractivity contribution in [1.82, 2.24) is 0 Å². The highest BCUT2D eigenvalue weighted by molar-refractivity contribution is 6.36. The molecule has 0 aromatic heterocycles. The standard InChI is InChI=1S/C18H18Cl2O/c1-18(2,3)13-9-7-12(8-10-13)17(21)11-14-15(19)5-4-6-16(14)20/h4-10H,11H2,1-3H3. The quantitative estimate of drug-likeness (QED) is 0.661. The average molecular weight is 321 g/mol. The second-order valence-electron chi connectivity index (χ2n) is 6.13. The van der Waals surface area contributed by atoms with Gasteiger partial charge < -0.3 is 0 Å². The van der Waals surface area contributed by atoms with Gasteiger partial charge in [0.15, 0.2) is 5.78 Å². The highest BCUT2D eigenvalue weighted by Crippen LogP contribution is 2.26. The van der Waals surface area contributed by atoms with Gasteiger partial charge in [-0.25, -0.2) is 0 Å². The molecular weight excluding hydrogens is 303 g/mol. The van der Waals surface area contributed by atoms with Gasteiger partial charge in [-0.3, -0.25) is 4.79 Å². The number of halogens is 2. The van der Waals surface area contributed by atoms with Gasteiger partial charge in [0.05, 0.1) is 0 Å². The monoisotopic (exact) mass is 320 g/mol. The van der Waals surface area contributed by atoms with Crippen LogP contribution in [-0.2, 0) is 11.8 Å². The summed E-state index contributed by atoms with van der Waals surface area (Å²) in [6, 6.07) is 13.0. The van der Waals surface area contributed by atoms with E-state index in [-0.39, 0.29) is 17.6 Å². The summed E-state index contributed by atoms with van der Waals surface area (Å²) in [5.74, 6) is 0.0189. The van der Waals surface area contributed by atoms with Gasteiger partial charge in [0.25, 0.3) is 0 Å². The molecule has 0 N–H and O–H groups in total. The smallest absolute Gasteiger partial charge is 0.167 e. The molecular formula is C18H18Cl2O. The number of carbonyl (C=O) groups excluding carboxylic acids is 1. The van der Waals surface area contributed by atoms with Gasteiger partial charge in [0, 0.05) is 22.0 Å². The molecule has 2 rings (SSSR count). The fourth-order valence-electron chi connectivity index (χ4n) is 2.12. The molecule has 0 saturated carbocycles. The number of hydrogen-bond donors (Lipinski definition) is 0. The largest absolute Gasteiger partial charge is 0.294 e. The van der Waals surface area contributed by atoms with E-state index in [4.69, 9.17) is 23.2 Å². The van der Waals surface area contributed by atoms with E-state index in [0.717, 1.165) is 0 Å². The number of rotatable bonds is 3. The van der Waals surface area contributed by atoms with Crippen molar-refractivity contribution in [2.45, 2.75) is 32.6 Å². The normalized spacial score (nSPS) is 11.5. The lowest BCUT2D eigenvalue weighted by atomic mass is 9.86. The van der Waals surface area contributed by atoms with Crippen LogP contribution in [-0.4, -0.2) is 5.78 Å². The summed E-state index contributed by atoms with van der Waals surface area (Å²) < 4.78 is 0. The van der Waals surface area contributed by atoms with Gasteiger partial charge in [-0.05, 0) is 28.7 Å². The molecule has 0 bridgehead atoms. The predicted octanol–water partition coefficient (Wildman–Crippen LogP) is 5.72. The van der Waals surface area contributed by atoms with E-state index in [1.54, 1.807) is 18.2 Å². The Morgan fingerprint density at radius 1 is 0.952 bits per heavy atom. The zero-order chi connectivity index (χ0) is 15.6. The lowest BCUT2D eigenvalue weighted by Gasteiger charge is -2.19. The molecule has 0 radical (unpaired) electrons. The van der Waals surface area contributed by atoms with E-state index in [0.29, 0.717) is 21.2 Å². The number of benzene rings is 2. The van der Waals surface area contributed by atoms with Gasteiger partial charge >= 0.3 is 0 Å². The molecule has 2 aromatic rings. The third-order valence-electron chi connectivity index (χ3n) is 3.47. The van der Waals surface area contributed by atoms with Crippen LogP contribution in [0.1, 0.15) is 42.3 Å². The minimum Gasteiger partial charge on any atom is -0.294 e. The van der Waals surface area contributed by atoms with Crippen LogP contribution in [0.5, 0.6) is 0 Å². The average Bonchev–Trinajstić information content (AvgIpc) is 2.42. The van der Waals surface area contributed by atoms with Crippen molar-refractivity contribution in [3.05, 3.63) is 69.2 Å². The first-order valence-electron chi connectivity index (χ1n) is 6.85. The second kappa shape index (κ2) is 6.21. The van der Waals surface area contributed by atoms with Crippen LogP contribution in [0.25, 0.3) is 0 Å². The van der Waals surface area contributed by atoms with Crippen LogP contribution in [0.2, 0.25) is 10.0 Å². The van der Waals surface area contributed by atoms with Crippen molar-refractivity contribution < 1.29 is 4.79 Å². The van der Waals surface area contributed by atoms with Crippen molar-refractivity contribution in [3.63, 3.8) is 0 Å².